The van der Waals surface area contributed by atoms with Crippen molar-refractivity contribution in [2.24, 2.45) is 0 Å². The molecular formula is C20H26ClN3O5. The first-order valence-corrected chi connectivity index (χ1v) is 8.84. The number of non-ortho nitro benzene ring substituents is 1. The molecule has 0 aliphatic heterocycles. The molecule has 158 valence electrons. The molecule has 1 atom stereocenters. The predicted molar refractivity (Wildman–Crippen MR) is 113 cm³/mol. The predicted octanol–water partition coefficient (Wildman–Crippen LogP) is 4.20. The number of benzene rings is 2. The number of carboxylic acid groups (broad SMARTS) is 1. The zero-order valence-corrected chi connectivity index (χ0v) is 17.5. The average molecular weight is 424 g/mol. The SMILES string of the molecule is CN(Cc1ccc([C@H](CCOc2ccc([N+](=O)[O-])cc2)N(C)C)cc1)C(=O)O.Cl. The van der Waals surface area contributed by atoms with Crippen LogP contribution >= 0.6 is 12.4 Å². The Kier molecular flexibility index (Phi) is 9.37. The molecule has 0 heterocycles. The summed E-state index contributed by atoms with van der Waals surface area (Å²) in [6, 6.07) is 14.0. The zero-order chi connectivity index (χ0) is 20.7. The van der Waals surface area contributed by atoms with Gasteiger partial charge in [-0.25, -0.2) is 4.79 Å². The van der Waals surface area contributed by atoms with Crippen molar-refractivity contribution in [1.82, 2.24) is 9.80 Å². The molecule has 2 aromatic rings. The fourth-order valence-electron chi connectivity index (χ4n) is 2.86. The van der Waals surface area contributed by atoms with E-state index >= 15 is 0 Å². The van der Waals surface area contributed by atoms with Gasteiger partial charge < -0.3 is 19.6 Å². The second kappa shape index (κ2) is 11.2. The maximum atomic E-state index is 10.9. The Morgan fingerprint density at radius 2 is 1.69 bits per heavy atom. The Labute approximate surface area is 176 Å². The Morgan fingerprint density at radius 3 is 2.17 bits per heavy atom. The van der Waals surface area contributed by atoms with Crippen molar-refractivity contribution in [2.75, 3.05) is 27.7 Å². The van der Waals surface area contributed by atoms with Gasteiger partial charge in [-0.05, 0) is 37.4 Å². The fraction of sp³-hybridized carbons (Fsp3) is 0.350. The number of rotatable bonds is 9. The van der Waals surface area contributed by atoms with Crippen LogP contribution in [0.15, 0.2) is 48.5 Å². The van der Waals surface area contributed by atoms with Crippen LogP contribution in [0.3, 0.4) is 0 Å². The highest BCUT2D eigenvalue weighted by molar-refractivity contribution is 5.85. The summed E-state index contributed by atoms with van der Waals surface area (Å²) in [6.45, 7) is 0.801. The molecule has 0 saturated carbocycles. The van der Waals surface area contributed by atoms with E-state index in [2.05, 4.69) is 4.90 Å². The smallest absolute Gasteiger partial charge is 0.407 e. The molecule has 0 spiro atoms. The number of carbonyl (C=O) groups is 1. The summed E-state index contributed by atoms with van der Waals surface area (Å²) in [7, 11) is 5.51. The molecule has 29 heavy (non-hydrogen) atoms. The van der Waals surface area contributed by atoms with Gasteiger partial charge in [-0.1, -0.05) is 24.3 Å². The fourth-order valence-corrected chi connectivity index (χ4v) is 2.86. The highest BCUT2D eigenvalue weighted by Crippen LogP contribution is 2.24. The molecule has 0 aromatic heterocycles. The summed E-state index contributed by atoms with van der Waals surface area (Å²) in [5.74, 6) is 0.593. The summed E-state index contributed by atoms with van der Waals surface area (Å²) in [5, 5.41) is 19.7. The number of nitrogens with zero attached hydrogens (tertiary/aromatic N) is 3. The van der Waals surface area contributed by atoms with Gasteiger partial charge in [0.25, 0.3) is 5.69 Å². The lowest BCUT2D eigenvalue weighted by Gasteiger charge is -2.25. The molecule has 0 radical (unpaired) electrons. The maximum absolute atomic E-state index is 10.9. The molecule has 0 bridgehead atoms. The highest BCUT2D eigenvalue weighted by atomic mass is 35.5. The molecule has 0 saturated heterocycles. The van der Waals surface area contributed by atoms with Crippen LogP contribution in [0, 0.1) is 10.1 Å². The average Bonchev–Trinajstić information content (AvgIpc) is 2.66. The highest BCUT2D eigenvalue weighted by Gasteiger charge is 2.15. The topological polar surface area (TPSA) is 96.2 Å². The molecule has 0 aliphatic rings. The van der Waals surface area contributed by atoms with Gasteiger partial charge in [-0.15, -0.1) is 12.4 Å². The van der Waals surface area contributed by atoms with Gasteiger partial charge in [0.05, 0.1) is 11.5 Å². The van der Waals surface area contributed by atoms with E-state index < -0.39 is 11.0 Å². The first-order chi connectivity index (χ1) is 13.3. The van der Waals surface area contributed by atoms with Crippen molar-refractivity contribution < 1.29 is 19.6 Å². The number of amides is 1. The summed E-state index contributed by atoms with van der Waals surface area (Å²) in [4.78, 5) is 24.5. The lowest BCUT2D eigenvalue weighted by molar-refractivity contribution is -0.384. The lowest BCUT2D eigenvalue weighted by Crippen LogP contribution is -2.24. The van der Waals surface area contributed by atoms with Crippen molar-refractivity contribution in [1.29, 1.82) is 0 Å². The molecule has 1 amide bonds. The molecule has 2 aromatic carbocycles. The minimum Gasteiger partial charge on any atom is -0.494 e. The largest absolute Gasteiger partial charge is 0.494 e. The molecule has 8 nitrogen and oxygen atoms in total. The van der Waals surface area contributed by atoms with Crippen LogP contribution in [0.25, 0.3) is 0 Å². The van der Waals surface area contributed by atoms with Crippen molar-refractivity contribution in [3.8, 4) is 5.75 Å². The Hall–Kier alpha value is -2.84. The van der Waals surface area contributed by atoms with Crippen molar-refractivity contribution in [3.63, 3.8) is 0 Å². The molecule has 0 fully saturated rings. The van der Waals surface area contributed by atoms with E-state index in [1.54, 1.807) is 12.1 Å². The van der Waals surface area contributed by atoms with E-state index in [1.807, 2.05) is 38.4 Å². The van der Waals surface area contributed by atoms with Gasteiger partial charge in [-0.3, -0.25) is 10.1 Å². The molecule has 0 unspecified atom stereocenters. The molecular weight excluding hydrogens is 398 g/mol. The number of nitro benzene ring substituents is 1. The third-order valence-electron chi connectivity index (χ3n) is 4.44. The number of hydrogen-bond donors (Lipinski definition) is 1. The molecule has 0 aliphatic carbocycles. The summed E-state index contributed by atoms with van der Waals surface area (Å²) >= 11 is 0. The minimum absolute atomic E-state index is 0. The van der Waals surface area contributed by atoms with E-state index in [1.165, 1.54) is 24.1 Å². The zero-order valence-electron chi connectivity index (χ0n) is 16.6. The summed E-state index contributed by atoms with van der Waals surface area (Å²) in [5.41, 5.74) is 2.07. The molecule has 1 N–H and O–H groups in total. The Morgan fingerprint density at radius 1 is 1.10 bits per heavy atom. The van der Waals surface area contributed by atoms with Gasteiger partial charge in [0.15, 0.2) is 0 Å². The van der Waals surface area contributed by atoms with Gasteiger partial charge >= 0.3 is 6.09 Å². The summed E-state index contributed by atoms with van der Waals surface area (Å²) < 4.78 is 5.72. The molecule has 9 heteroatoms. The van der Waals surface area contributed by atoms with Crippen molar-refractivity contribution in [3.05, 3.63) is 69.8 Å². The monoisotopic (exact) mass is 423 g/mol. The second-order valence-corrected chi connectivity index (χ2v) is 6.75. The van der Waals surface area contributed by atoms with E-state index in [0.29, 0.717) is 18.9 Å². The van der Waals surface area contributed by atoms with Crippen LogP contribution in [0.5, 0.6) is 5.75 Å². The van der Waals surface area contributed by atoms with E-state index in [9.17, 15) is 14.9 Å². The number of ether oxygens (including phenoxy) is 1. The maximum Gasteiger partial charge on any atom is 0.407 e. The van der Waals surface area contributed by atoms with E-state index in [0.717, 1.165) is 17.5 Å². The number of nitro groups is 1. The van der Waals surface area contributed by atoms with Gasteiger partial charge in [0.2, 0.25) is 0 Å². The van der Waals surface area contributed by atoms with E-state index in [4.69, 9.17) is 9.84 Å². The third-order valence-corrected chi connectivity index (χ3v) is 4.44. The van der Waals surface area contributed by atoms with Crippen molar-refractivity contribution >= 4 is 24.2 Å². The number of halogens is 1. The van der Waals surface area contributed by atoms with Crippen LogP contribution in [0.4, 0.5) is 10.5 Å². The summed E-state index contributed by atoms with van der Waals surface area (Å²) in [6.07, 6.45) is -0.225. The van der Waals surface area contributed by atoms with E-state index in [-0.39, 0.29) is 24.1 Å². The Balaban J connectivity index is 0.00000420. The van der Waals surface area contributed by atoms with Gasteiger partial charge in [-0.2, -0.15) is 0 Å². The first kappa shape index (κ1) is 24.2. The minimum atomic E-state index is -0.960. The quantitative estimate of drug-likeness (QED) is 0.479. The standard InChI is InChI=1S/C20H25N3O5.ClH/c1-21(2)19(12-13-28-18-10-8-17(9-11-18)23(26)27)16-6-4-15(5-7-16)14-22(3)20(24)25;/h4-11,19H,12-14H2,1-3H3,(H,24,25);1H/t19-;/m0./s1. The van der Waals surface area contributed by atoms with Gasteiger partial charge in [0, 0.05) is 38.2 Å². The van der Waals surface area contributed by atoms with Crippen LogP contribution in [-0.4, -0.2) is 53.7 Å². The lowest BCUT2D eigenvalue weighted by atomic mass is 10.0. The normalized spacial score (nSPS) is 11.4. The molecule has 2 rings (SSSR count). The number of hydrogen-bond acceptors (Lipinski definition) is 5. The van der Waals surface area contributed by atoms with Crippen LogP contribution in [0.1, 0.15) is 23.6 Å². The van der Waals surface area contributed by atoms with Gasteiger partial charge in [0.1, 0.15) is 5.75 Å². The Bertz CT molecular complexity index is 797. The second-order valence-electron chi connectivity index (χ2n) is 6.75. The van der Waals surface area contributed by atoms with Crippen LogP contribution in [-0.2, 0) is 6.54 Å². The third kappa shape index (κ3) is 7.24. The van der Waals surface area contributed by atoms with Crippen LogP contribution in [0.2, 0.25) is 0 Å². The first-order valence-electron chi connectivity index (χ1n) is 8.84. The van der Waals surface area contributed by atoms with Crippen molar-refractivity contribution in [2.45, 2.75) is 19.0 Å². The van der Waals surface area contributed by atoms with Crippen LogP contribution < -0.4 is 4.74 Å².